The van der Waals surface area contributed by atoms with Crippen molar-refractivity contribution in [2.75, 3.05) is 0 Å². The van der Waals surface area contributed by atoms with E-state index in [1.807, 2.05) is 24.3 Å². The number of alkyl halides is 1. The molecule has 0 aromatic heterocycles. The van der Waals surface area contributed by atoms with Crippen LogP contribution in [0.3, 0.4) is 0 Å². The van der Waals surface area contributed by atoms with E-state index in [9.17, 15) is 0 Å². The van der Waals surface area contributed by atoms with Crippen LogP contribution < -0.4 is 5.32 Å². The molecule has 2 aliphatic rings. The molecule has 0 amide bonds. The Balaban J connectivity index is 1.58. The fourth-order valence-corrected chi connectivity index (χ4v) is 6.77. The first-order valence-corrected chi connectivity index (χ1v) is 13.4. The molecule has 2 heterocycles. The molecule has 0 spiro atoms. The Bertz CT molecular complexity index is 850. The monoisotopic (exact) mass is 399 g/mol. The van der Waals surface area contributed by atoms with Crippen molar-refractivity contribution in [1.82, 2.24) is 5.32 Å². The molecule has 4 rings (SSSR count). The van der Waals surface area contributed by atoms with Crippen molar-refractivity contribution in [2.45, 2.75) is 50.0 Å². The molecule has 0 bridgehead atoms. The standard InChI is InChI=1S/C22H26ClNO2Si/c1-27(2,3)20-19(15-14-17-10-6-4-7-11-17)25-22(23)21(20,26-22)24-16-18-12-8-5-9-13-18/h4-13,24H,14-16H2,1-3H3. The van der Waals surface area contributed by atoms with Crippen LogP contribution in [0.5, 0.6) is 0 Å². The summed E-state index contributed by atoms with van der Waals surface area (Å²) in [5.41, 5.74) is 1.81. The molecular formula is C22H26ClNO2Si. The van der Waals surface area contributed by atoms with Gasteiger partial charge < -0.3 is 4.74 Å². The molecule has 2 atom stereocenters. The lowest BCUT2D eigenvalue weighted by Crippen LogP contribution is -2.45. The van der Waals surface area contributed by atoms with Gasteiger partial charge in [-0.2, -0.15) is 0 Å². The minimum Gasteiger partial charge on any atom is -0.450 e. The summed E-state index contributed by atoms with van der Waals surface area (Å²) >= 11 is 6.72. The third-order valence-electron chi connectivity index (χ3n) is 5.17. The summed E-state index contributed by atoms with van der Waals surface area (Å²) in [6, 6.07) is 20.8. The van der Waals surface area contributed by atoms with Gasteiger partial charge >= 0.3 is 5.25 Å². The predicted octanol–water partition coefficient (Wildman–Crippen LogP) is 5.19. The van der Waals surface area contributed by atoms with Crippen LogP contribution in [0.4, 0.5) is 0 Å². The van der Waals surface area contributed by atoms with Crippen molar-refractivity contribution in [2.24, 2.45) is 0 Å². The van der Waals surface area contributed by atoms with Gasteiger partial charge in [0.05, 0.1) is 8.07 Å². The Labute approximate surface area is 167 Å². The second-order valence-electron chi connectivity index (χ2n) is 8.29. The highest BCUT2D eigenvalue weighted by molar-refractivity contribution is 6.83. The molecule has 3 nitrogen and oxygen atoms in total. The number of ether oxygens (including phenoxy) is 2. The maximum Gasteiger partial charge on any atom is 0.341 e. The van der Waals surface area contributed by atoms with Gasteiger partial charge in [-0.15, -0.1) is 0 Å². The summed E-state index contributed by atoms with van der Waals surface area (Å²) in [4.78, 5) is 0. The second kappa shape index (κ2) is 6.78. The molecule has 2 aromatic carbocycles. The van der Waals surface area contributed by atoms with E-state index < -0.39 is 19.0 Å². The fourth-order valence-electron chi connectivity index (χ4n) is 3.95. The highest BCUT2D eigenvalue weighted by atomic mass is 35.5. The molecule has 0 saturated carbocycles. The van der Waals surface area contributed by atoms with Crippen LogP contribution in [0.1, 0.15) is 17.5 Å². The van der Waals surface area contributed by atoms with Crippen molar-refractivity contribution in [3.8, 4) is 0 Å². The van der Waals surface area contributed by atoms with Crippen molar-refractivity contribution in [3.63, 3.8) is 0 Å². The molecule has 0 aliphatic carbocycles. The van der Waals surface area contributed by atoms with Crippen LogP contribution in [-0.2, 0) is 22.4 Å². The van der Waals surface area contributed by atoms with Gasteiger partial charge in [0.2, 0.25) is 5.72 Å². The van der Waals surface area contributed by atoms with Crippen molar-refractivity contribution >= 4 is 19.7 Å². The minimum absolute atomic E-state index is 0.693. The number of epoxide rings is 1. The van der Waals surface area contributed by atoms with E-state index in [0.717, 1.165) is 18.6 Å². The minimum atomic E-state index is -1.72. The number of benzene rings is 2. The number of nitrogens with one attached hydrogen (secondary N) is 1. The fraction of sp³-hybridized carbons (Fsp3) is 0.364. The summed E-state index contributed by atoms with van der Waals surface area (Å²) in [7, 11) is -1.72. The number of aryl methyl sites for hydroxylation is 1. The van der Waals surface area contributed by atoms with E-state index in [-0.39, 0.29) is 0 Å². The van der Waals surface area contributed by atoms with E-state index in [1.165, 1.54) is 16.3 Å². The molecule has 2 aromatic rings. The lowest BCUT2D eigenvalue weighted by molar-refractivity contribution is 0.0632. The zero-order valence-corrected chi connectivity index (χ0v) is 17.8. The van der Waals surface area contributed by atoms with Crippen LogP contribution in [0.2, 0.25) is 19.6 Å². The first kappa shape index (κ1) is 18.8. The van der Waals surface area contributed by atoms with Gasteiger partial charge in [0.25, 0.3) is 0 Å². The maximum atomic E-state index is 6.72. The number of hydrogen-bond acceptors (Lipinski definition) is 3. The number of rotatable bonds is 7. The summed E-state index contributed by atoms with van der Waals surface area (Å²) in [6.45, 7) is 7.66. The normalized spacial score (nSPS) is 26.7. The van der Waals surface area contributed by atoms with E-state index in [4.69, 9.17) is 21.1 Å². The Morgan fingerprint density at radius 3 is 2.07 bits per heavy atom. The summed E-state index contributed by atoms with van der Waals surface area (Å²) in [5.74, 6) is 1.01. The van der Waals surface area contributed by atoms with E-state index in [1.54, 1.807) is 0 Å². The average molecular weight is 400 g/mol. The Kier molecular flexibility index (Phi) is 4.71. The van der Waals surface area contributed by atoms with E-state index in [2.05, 4.69) is 61.4 Å². The molecule has 27 heavy (non-hydrogen) atoms. The molecular weight excluding hydrogens is 374 g/mol. The number of fused-ring (bicyclic) bond motifs is 1. The highest BCUT2D eigenvalue weighted by Crippen LogP contribution is 2.63. The lowest BCUT2D eigenvalue weighted by Gasteiger charge is -2.25. The van der Waals surface area contributed by atoms with Gasteiger partial charge in [-0.25, -0.2) is 0 Å². The molecule has 2 aliphatic heterocycles. The van der Waals surface area contributed by atoms with Gasteiger partial charge in [-0.05, 0) is 29.1 Å². The lowest BCUT2D eigenvalue weighted by atomic mass is 10.1. The third kappa shape index (κ3) is 3.47. The summed E-state index contributed by atoms with van der Waals surface area (Å²) in [6.07, 6.45) is 1.78. The van der Waals surface area contributed by atoms with Crippen LogP contribution in [0.15, 0.2) is 71.6 Å². The van der Waals surface area contributed by atoms with Gasteiger partial charge in [0.15, 0.2) is 0 Å². The molecule has 1 saturated heterocycles. The molecule has 2 unspecified atom stereocenters. The van der Waals surface area contributed by atoms with Crippen molar-refractivity contribution in [3.05, 3.63) is 82.7 Å². The van der Waals surface area contributed by atoms with Crippen LogP contribution >= 0.6 is 11.6 Å². The molecule has 142 valence electrons. The topological polar surface area (TPSA) is 33.8 Å². The van der Waals surface area contributed by atoms with Gasteiger partial charge in [0, 0.05) is 18.2 Å². The van der Waals surface area contributed by atoms with E-state index in [0.29, 0.717) is 6.54 Å². The van der Waals surface area contributed by atoms with E-state index >= 15 is 0 Å². The summed E-state index contributed by atoms with van der Waals surface area (Å²) < 4.78 is 12.2. The van der Waals surface area contributed by atoms with Crippen LogP contribution in [0.25, 0.3) is 0 Å². The smallest absolute Gasteiger partial charge is 0.341 e. The molecule has 0 radical (unpaired) electrons. The van der Waals surface area contributed by atoms with Gasteiger partial charge in [-0.3, -0.25) is 10.1 Å². The third-order valence-corrected chi connectivity index (χ3v) is 7.72. The highest BCUT2D eigenvalue weighted by Gasteiger charge is 2.80. The zero-order chi connectivity index (χ0) is 19.1. The number of allylic oxidation sites excluding steroid dienone is 1. The first-order chi connectivity index (χ1) is 12.8. The number of halogens is 1. The quantitative estimate of drug-likeness (QED) is 0.395. The zero-order valence-electron chi connectivity index (χ0n) is 16.1. The maximum absolute atomic E-state index is 6.72. The van der Waals surface area contributed by atoms with Crippen LogP contribution in [-0.4, -0.2) is 19.0 Å². The SMILES string of the molecule is C[Si](C)(C)C1=C(CCc2ccccc2)OC2(Cl)OC12NCc1ccccc1. The molecule has 1 N–H and O–H groups in total. The second-order valence-corrected chi connectivity index (χ2v) is 13.8. The molecule has 1 fully saturated rings. The largest absolute Gasteiger partial charge is 0.450 e. The summed E-state index contributed by atoms with van der Waals surface area (Å²) in [5, 5.41) is 3.74. The number of hydrogen-bond donors (Lipinski definition) is 1. The first-order valence-electron chi connectivity index (χ1n) is 9.49. The predicted molar refractivity (Wildman–Crippen MR) is 112 cm³/mol. The van der Waals surface area contributed by atoms with Gasteiger partial charge in [0.1, 0.15) is 5.76 Å². The Morgan fingerprint density at radius 1 is 0.889 bits per heavy atom. The van der Waals surface area contributed by atoms with Crippen LogP contribution in [0, 0.1) is 0 Å². The Hall–Kier alpha value is -1.59. The van der Waals surface area contributed by atoms with Crippen molar-refractivity contribution in [1.29, 1.82) is 0 Å². The van der Waals surface area contributed by atoms with Gasteiger partial charge in [-0.1, -0.05) is 80.3 Å². The van der Waals surface area contributed by atoms with Crippen molar-refractivity contribution < 1.29 is 9.47 Å². The Morgan fingerprint density at radius 2 is 1.48 bits per heavy atom. The average Bonchev–Trinajstić information content (AvgIpc) is 3.13. The molecule has 5 heteroatoms.